The van der Waals surface area contributed by atoms with E-state index in [1.165, 1.54) is 4.90 Å². The summed E-state index contributed by atoms with van der Waals surface area (Å²) in [4.78, 5) is 24.9. The molecule has 1 fully saturated rings. The van der Waals surface area contributed by atoms with Crippen LogP contribution >= 0.6 is 0 Å². The molecule has 1 unspecified atom stereocenters. The molecule has 1 aliphatic rings. The molecule has 0 aliphatic carbocycles. The van der Waals surface area contributed by atoms with Crippen molar-refractivity contribution in [2.45, 2.75) is 46.3 Å². The molecule has 0 bridgehead atoms. The number of nitrogens with zero attached hydrogens (tertiary/aromatic N) is 1. The van der Waals surface area contributed by atoms with Crippen molar-refractivity contribution in [3.05, 3.63) is 0 Å². The predicted molar refractivity (Wildman–Crippen MR) is 69.0 cm³/mol. The lowest BCUT2D eigenvalue weighted by atomic mass is 9.83. The lowest BCUT2D eigenvalue weighted by Gasteiger charge is -2.42. The first-order chi connectivity index (χ1) is 8.55. The zero-order chi connectivity index (χ0) is 14.8. The lowest BCUT2D eigenvalue weighted by Crippen LogP contribution is -2.58. The molecule has 0 spiro atoms. The van der Waals surface area contributed by atoms with E-state index in [-0.39, 0.29) is 6.61 Å². The predicted octanol–water partition coefficient (Wildman–Crippen LogP) is 1.73. The van der Waals surface area contributed by atoms with E-state index in [0.29, 0.717) is 13.2 Å². The fourth-order valence-corrected chi connectivity index (χ4v) is 1.88. The minimum atomic E-state index is -1.09. The normalized spacial score (nSPS) is 21.1. The van der Waals surface area contributed by atoms with Gasteiger partial charge in [0.2, 0.25) is 0 Å². The zero-order valence-electron chi connectivity index (χ0n) is 12.2. The maximum atomic E-state index is 12.1. The second kappa shape index (κ2) is 5.36. The Morgan fingerprint density at radius 1 is 1.26 bits per heavy atom. The van der Waals surface area contributed by atoms with Crippen LogP contribution in [-0.4, -0.2) is 53.5 Å². The number of morpholine rings is 1. The van der Waals surface area contributed by atoms with Gasteiger partial charge in [0.1, 0.15) is 5.60 Å². The van der Waals surface area contributed by atoms with E-state index in [4.69, 9.17) is 9.47 Å². The van der Waals surface area contributed by atoms with Gasteiger partial charge in [-0.3, -0.25) is 9.69 Å². The van der Waals surface area contributed by atoms with Crippen molar-refractivity contribution >= 4 is 12.1 Å². The van der Waals surface area contributed by atoms with Gasteiger partial charge in [0.05, 0.1) is 24.7 Å². The van der Waals surface area contributed by atoms with Crippen LogP contribution in [0.15, 0.2) is 0 Å². The number of hydrogen-bond acceptors (Lipinski definition) is 4. The molecule has 1 rings (SSSR count). The fraction of sp³-hybridized carbons (Fsp3) is 0.846. The molecule has 0 aromatic rings. The molecule has 6 nitrogen and oxygen atoms in total. The Hall–Kier alpha value is -1.30. The summed E-state index contributed by atoms with van der Waals surface area (Å²) in [6.07, 6.45) is -0.491. The van der Waals surface area contributed by atoms with Gasteiger partial charge < -0.3 is 14.6 Å². The molecule has 1 aliphatic heterocycles. The van der Waals surface area contributed by atoms with E-state index < -0.39 is 29.1 Å². The maximum Gasteiger partial charge on any atom is 0.410 e. The summed E-state index contributed by atoms with van der Waals surface area (Å²) in [5.74, 6) is -0.962. The fourth-order valence-electron chi connectivity index (χ4n) is 1.88. The van der Waals surface area contributed by atoms with Crippen LogP contribution in [0.5, 0.6) is 0 Å². The first-order valence-electron chi connectivity index (χ1n) is 6.36. The lowest BCUT2D eigenvalue weighted by molar-refractivity contribution is -0.155. The molecule has 0 saturated carbocycles. The molecule has 1 N–H and O–H groups in total. The van der Waals surface area contributed by atoms with Gasteiger partial charge in [-0.15, -0.1) is 0 Å². The second-order valence-corrected chi connectivity index (χ2v) is 6.29. The summed E-state index contributed by atoms with van der Waals surface area (Å²) in [7, 11) is 0. The third-order valence-electron chi connectivity index (χ3n) is 3.14. The van der Waals surface area contributed by atoms with Crippen LogP contribution in [0.2, 0.25) is 0 Å². The van der Waals surface area contributed by atoms with Gasteiger partial charge in [-0.1, -0.05) is 0 Å². The first kappa shape index (κ1) is 15.8. The average molecular weight is 273 g/mol. The highest BCUT2D eigenvalue weighted by molar-refractivity contribution is 5.77. The van der Waals surface area contributed by atoms with Gasteiger partial charge in [-0.05, 0) is 34.6 Å². The van der Waals surface area contributed by atoms with Gasteiger partial charge >= 0.3 is 12.1 Å². The maximum absolute atomic E-state index is 12.1. The van der Waals surface area contributed by atoms with Gasteiger partial charge in [-0.25, -0.2) is 4.79 Å². The number of aliphatic carboxylic acids is 1. The Balaban J connectivity index is 2.90. The minimum Gasteiger partial charge on any atom is -0.481 e. The van der Waals surface area contributed by atoms with Crippen LogP contribution in [0.3, 0.4) is 0 Å². The van der Waals surface area contributed by atoms with Crippen molar-refractivity contribution in [2.75, 3.05) is 19.8 Å². The van der Waals surface area contributed by atoms with Crippen molar-refractivity contribution < 1.29 is 24.2 Å². The monoisotopic (exact) mass is 273 g/mol. The van der Waals surface area contributed by atoms with Crippen molar-refractivity contribution in [1.82, 2.24) is 4.90 Å². The molecular formula is C13H23NO5. The number of rotatable bonds is 2. The largest absolute Gasteiger partial charge is 0.481 e. The van der Waals surface area contributed by atoms with Gasteiger partial charge in [-0.2, -0.15) is 0 Å². The third-order valence-corrected chi connectivity index (χ3v) is 3.14. The molecular weight excluding hydrogens is 250 g/mol. The highest BCUT2D eigenvalue weighted by Crippen LogP contribution is 2.29. The molecule has 1 heterocycles. The summed E-state index contributed by atoms with van der Waals surface area (Å²) in [5.41, 5.74) is -1.69. The van der Waals surface area contributed by atoms with E-state index in [1.54, 1.807) is 34.6 Å². The van der Waals surface area contributed by atoms with E-state index in [0.717, 1.165) is 0 Å². The SMILES string of the molecule is CC(C)(C)OC(=O)N1CCOCC1C(C)(C)C(=O)O. The summed E-state index contributed by atoms with van der Waals surface area (Å²) in [6, 6.07) is -0.534. The number of carboxylic acid groups (broad SMARTS) is 1. The Labute approximate surface area is 113 Å². The zero-order valence-corrected chi connectivity index (χ0v) is 12.2. The van der Waals surface area contributed by atoms with E-state index in [2.05, 4.69) is 0 Å². The third kappa shape index (κ3) is 3.83. The molecule has 110 valence electrons. The number of carbonyl (C=O) groups is 2. The van der Waals surface area contributed by atoms with E-state index in [1.807, 2.05) is 0 Å². The Bertz CT molecular complexity index is 359. The van der Waals surface area contributed by atoms with Gasteiger partial charge in [0.15, 0.2) is 0 Å². The Morgan fingerprint density at radius 3 is 2.32 bits per heavy atom. The topological polar surface area (TPSA) is 76.1 Å². The minimum absolute atomic E-state index is 0.207. The average Bonchev–Trinajstić information content (AvgIpc) is 2.26. The molecule has 0 radical (unpaired) electrons. The summed E-state index contributed by atoms with van der Waals surface area (Å²) in [5, 5.41) is 9.29. The van der Waals surface area contributed by atoms with E-state index in [9.17, 15) is 14.7 Å². The molecule has 1 saturated heterocycles. The Morgan fingerprint density at radius 2 is 1.84 bits per heavy atom. The van der Waals surface area contributed by atoms with E-state index >= 15 is 0 Å². The smallest absolute Gasteiger partial charge is 0.410 e. The quantitative estimate of drug-likeness (QED) is 0.829. The van der Waals surface area contributed by atoms with Crippen molar-refractivity contribution in [2.24, 2.45) is 5.41 Å². The standard InChI is InChI=1S/C13H23NO5/c1-12(2,3)19-11(17)14-6-7-18-8-9(14)13(4,5)10(15)16/h9H,6-8H2,1-5H3,(H,15,16). The second-order valence-electron chi connectivity index (χ2n) is 6.29. The van der Waals surface area contributed by atoms with Crippen LogP contribution in [-0.2, 0) is 14.3 Å². The Kier molecular flexibility index (Phi) is 4.45. The van der Waals surface area contributed by atoms with Crippen molar-refractivity contribution in [3.63, 3.8) is 0 Å². The number of ether oxygens (including phenoxy) is 2. The molecule has 1 atom stereocenters. The number of amides is 1. The van der Waals surface area contributed by atoms with Gasteiger partial charge in [0, 0.05) is 6.54 Å². The summed E-state index contributed by atoms with van der Waals surface area (Å²) in [6.45, 7) is 9.46. The summed E-state index contributed by atoms with van der Waals surface area (Å²) < 4.78 is 10.6. The molecule has 19 heavy (non-hydrogen) atoms. The van der Waals surface area contributed by atoms with Crippen LogP contribution < -0.4 is 0 Å². The number of hydrogen-bond donors (Lipinski definition) is 1. The molecule has 1 amide bonds. The van der Waals surface area contributed by atoms with Crippen LogP contribution in [0.4, 0.5) is 4.79 Å². The first-order valence-corrected chi connectivity index (χ1v) is 6.36. The molecule has 6 heteroatoms. The highest BCUT2D eigenvalue weighted by atomic mass is 16.6. The highest BCUT2D eigenvalue weighted by Gasteiger charge is 2.45. The van der Waals surface area contributed by atoms with Crippen LogP contribution in [0, 0.1) is 5.41 Å². The van der Waals surface area contributed by atoms with Crippen molar-refractivity contribution in [1.29, 1.82) is 0 Å². The number of carbonyl (C=O) groups excluding carboxylic acids is 1. The molecule has 0 aromatic carbocycles. The van der Waals surface area contributed by atoms with Crippen LogP contribution in [0.25, 0.3) is 0 Å². The van der Waals surface area contributed by atoms with Crippen molar-refractivity contribution in [3.8, 4) is 0 Å². The summed E-state index contributed by atoms with van der Waals surface area (Å²) >= 11 is 0. The number of carboxylic acids is 1. The van der Waals surface area contributed by atoms with Crippen LogP contribution in [0.1, 0.15) is 34.6 Å². The van der Waals surface area contributed by atoms with Gasteiger partial charge in [0.25, 0.3) is 0 Å². The molecule has 0 aromatic heterocycles.